The van der Waals surface area contributed by atoms with E-state index in [0.717, 1.165) is 42.5 Å². The molecular weight excluding hydrogens is 382 g/mol. The summed E-state index contributed by atoms with van der Waals surface area (Å²) in [5, 5.41) is 2.83. The number of anilines is 1. The normalized spacial score (nSPS) is 17.5. The second-order valence-electron chi connectivity index (χ2n) is 7.53. The summed E-state index contributed by atoms with van der Waals surface area (Å²) in [4.78, 5) is 14.7. The number of rotatable bonds is 8. The lowest BCUT2D eigenvalue weighted by Gasteiger charge is -2.30. The van der Waals surface area contributed by atoms with Gasteiger partial charge in [0.1, 0.15) is 6.54 Å². The topological polar surface area (TPSA) is 88.2 Å². The zero-order chi connectivity index (χ0) is 20.1. The number of sulfonamides is 1. The molecule has 0 aromatic heterocycles. The van der Waals surface area contributed by atoms with E-state index >= 15 is 0 Å². The molecule has 1 amide bonds. The Kier molecular flexibility index (Phi) is 6.66. The Balaban J connectivity index is 1.50. The molecule has 2 aliphatic rings. The van der Waals surface area contributed by atoms with Gasteiger partial charge in [0.05, 0.1) is 11.9 Å². The van der Waals surface area contributed by atoms with Crippen LogP contribution in [0.3, 0.4) is 0 Å². The van der Waals surface area contributed by atoms with Crippen LogP contribution in [0.25, 0.3) is 0 Å². The molecule has 156 valence electrons. The van der Waals surface area contributed by atoms with Crippen LogP contribution < -0.4 is 19.1 Å². The van der Waals surface area contributed by atoms with E-state index in [2.05, 4.69) is 17.1 Å². The summed E-state index contributed by atoms with van der Waals surface area (Å²) < 4.78 is 36.0. The molecule has 2 heterocycles. The number of benzene rings is 1. The maximum absolute atomic E-state index is 12.3. The number of likely N-dealkylation sites (tertiary alicyclic amines) is 1. The molecule has 1 N–H and O–H groups in total. The summed E-state index contributed by atoms with van der Waals surface area (Å²) in [6.07, 6.45) is 4.39. The summed E-state index contributed by atoms with van der Waals surface area (Å²) in [6.45, 7) is 5.83. The molecule has 0 saturated carbocycles. The van der Waals surface area contributed by atoms with Crippen LogP contribution in [-0.4, -0.2) is 65.0 Å². The quantitative estimate of drug-likeness (QED) is 0.651. The van der Waals surface area contributed by atoms with Crippen molar-refractivity contribution in [3.8, 4) is 11.5 Å². The minimum absolute atomic E-state index is 0.105. The van der Waals surface area contributed by atoms with Crippen molar-refractivity contribution in [2.45, 2.75) is 26.2 Å². The molecule has 0 unspecified atom stereocenters. The number of piperidine rings is 1. The van der Waals surface area contributed by atoms with Gasteiger partial charge in [0.25, 0.3) is 0 Å². The number of hydrogen-bond donors (Lipinski definition) is 1. The van der Waals surface area contributed by atoms with Gasteiger partial charge in [-0.25, -0.2) is 8.42 Å². The smallest absolute Gasteiger partial charge is 0.240 e. The molecule has 8 nitrogen and oxygen atoms in total. The number of hydrogen-bond acceptors (Lipinski definition) is 6. The Bertz CT molecular complexity index is 791. The van der Waals surface area contributed by atoms with Crippen LogP contribution >= 0.6 is 0 Å². The Morgan fingerprint density at radius 1 is 1.25 bits per heavy atom. The predicted molar refractivity (Wildman–Crippen MR) is 107 cm³/mol. The van der Waals surface area contributed by atoms with Gasteiger partial charge in [-0.05, 0) is 56.9 Å². The van der Waals surface area contributed by atoms with Gasteiger partial charge in [-0.1, -0.05) is 6.92 Å². The molecule has 0 bridgehead atoms. The maximum atomic E-state index is 12.3. The minimum atomic E-state index is -3.62. The van der Waals surface area contributed by atoms with Crippen LogP contribution in [0, 0.1) is 5.92 Å². The van der Waals surface area contributed by atoms with Crippen molar-refractivity contribution < 1.29 is 22.7 Å². The summed E-state index contributed by atoms with van der Waals surface area (Å²) in [7, 11) is -3.62. The molecule has 0 atom stereocenters. The van der Waals surface area contributed by atoms with Gasteiger partial charge < -0.3 is 19.7 Å². The highest BCUT2D eigenvalue weighted by Gasteiger charge is 2.23. The molecule has 1 aromatic carbocycles. The Labute approximate surface area is 166 Å². The number of ether oxygens (including phenoxy) is 2. The molecule has 0 aliphatic carbocycles. The average Bonchev–Trinajstić information content (AvgIpc) is 3.11. The van der Waals surface area contributed by atoms with Crippen molar-refractivity contribution >= 4 is 21.6 Å². The molecule has 0 radical (unpaired) electrons. The van der Waals surface area contributed by atoms with Gasteiger partial charge in [0.2, 0.25) is 22.7 Å². The van der Waals surface area contributed by atoms with E-state index in [1.165, 1.54) is 12.8 Å². The second-order valence-corrected chi connectivity index (χ2v) is 9.44. The predicted octanol–water partition coefficient (Wildman–Crippen LogP) is 1.42. The molecule has 1 fully saturated rings. The number of carbonyl (C=O) groups is 1. The van der Waals surface area contributed by atoms with E-state index in [1.807, 2.05) is 0 Å². The summed E-state index contributed by atoms with van der Waals surface area (Å²) in [5.74, 6) is 1.51. The van der Waals surface area contributed by atoms with Crippen LogP contribution in [0.4, 0.5) is 5.69 Å². The minimum Gasteiger partial charge on any atom is -0.454 e. The van der Waals surface area contributed by atoms with E-state index in [-0.39, 0.29) is 19.2 Å². The number of fused-ring (bicyclic) bond motifs is 1. The van der Waals surface area contributed by atoms with E-state index in [0.29, 0.717) is 23.7 Å². The van der Waals surface area contributed by atoms with Crippen molar-refractivity contribution in [3.63, 3.8) is 0 Å². The highest BCUT2D eigenvalue weighted by molar-refractivity contribution is 7.92. The van der Waals surface area contributed by atoms with E-state index in [4.69, 9.17) is 9.47 Å². The lowest BCUT2D eigenvalue weighted by atomic mass is 9.99. The fourth-order valence-corrected chi connectivity index (χ4v) is 4.29. The van der Waals surface area contributed by atoms with Crippen LogP contribution in [-0.2, 0) is 14.8 Å². The zero-order valence-electron chi connectivity index (χ0n) is 16.5. The third-order valence-electron chi connectivity index (χ3n) is 5.18. The SMILES string of the molecule is CC1CCN(CCCNC(=O)CN(c2ccc3c(c2)OCO3)S(C)(=O)=O)CC1. The lowest BCUT2D eigenvalue weighted by molar-refractivity contribution is -0.119. The molecule has 1 aromatic rings. The number of amides is 1. The first-order valence-electron chi connectivity index (χ1n) is 9.69. The molecule has 9 heteroatoms. The molecule has 0 spiro atoms. The van der Waals surface area contributed by atoms with E-state index in [9.17, 15) is 13.2 Å². The van der Waals surface area contributed by atoms with Gasteiger partial charge in [0.15, 0.2) is 11.5 Å². The molecule has 3 rings (SSSR count). The molecule has 1 saturated heterocycles. The van der Waals surface area contributed by atoms with Gasteiger partial charge >= 0.3 is 0 Å². The number of nitrogens with one attached hydrogen (secondary N) is 1. The fraction of sp³-hybridized carbons (Fsp3) is 0.632. The highest BCUT2D eigenvalue weighted by atomic mass is 32.2. The van der Waals surface area contributed by atoms with Crippen LogP contribution in [0.2, 0.25) is 0 Å². The lowest BCUT2D eigenvalue weighted by Crippen LogP contribution is -2.41. The average molecular weight is 412 g/mol. The van der Waals surface area contributed by atoms with Crippen molar-refractivity contribution in [1.29, 1.82) is 0 Å². The van der Waals surface area contributed by atoms with Crippen LogP contribution in [0.1, 0.15) is 26.2 Å². The zero-order valence-corrected chi connectivity index (χ0v) is 17.3. The van der Waals surface area contributed by atoms with Gasteiger partial charge in [0, 0.05) is 12.6 Å². The first-order chi connectivity index (χ1) is 13.3. The molecular formula is C19H29N3O5S. The number of carbonyl (C=O) groups excluding carboxylic acids is 1. The maximum Gasteiger partial charge on any atom is 0.240 e. The number of nitrogens with zero attached hydrogens (tertiary/aromatic N) is 2. The van der Waals surface area contributed by atoms with Crippen LogP contribution in [0.5, 0.6) is 11.5 Å². The second kappa shape index (κ2) is 9.00. The highest BCUT2D eigenvalue weighted by Crippen LogP contribution is 2.36. The molecule has 2 aliphatic heterocycles. The van der Waals surface area contributed by atoms with Gasteiger partial charge in [-0.15, -0.1) is 0 Å². The Morgan fingerprint density at radius 3 is 2.68 bits per heavy atom. The Hall–Kier alpha value is -2.00. The third-order valence-corrected chi connectivity index (χ3v) is 6.32. The van der Waals surface area contributed by atoms with Crippen molar-refractivity contribution in [2.24, 2.45) is 5.92 Å². The van der Waals surface area contributed by atoms with Crippen LogP contribution in [0.15, 0.2) is 18.2 Å². The van der Waals surface area contributed by atoms with Crippen molar-refractivity contribution in [1.82, 2.24) is 10.2 Å². The summed E-state index contributed by atoms with van der Waals surface area (Å²) >= 11 is 0. The van der Waals surface area contributed by atoms with E-state index < -0.39 is 10.0 Å². The monoisotopic (exact) mass is 411 g/mol. The standard InChI is InChI=1S/C19H29N3O5S/c1-15-6-10-21(11-7-15)9-3-8-20-19(23)13-22(28(2,24)25)16-4-5-17-18(12-16)27-14-26-17/h4-5,12,15H,3,6-11,13-14H2,1-2H3,(H,20,23). The third kappa shape index (κ3) is 5.51. The summed E-state index contributed by atoms with van der Waals surface area (Å²) in [5.41, 5.74) is 0.379. The largest absolute Gasteiger partial charge is 0.454 e. The van der Waals surface area contributed by atoms with Crippen molar-refractivity contribution in [2.75, 3.05) is 50.1 Å². The van der Waals surface area contributed by atoms with Gasteiger partial charge in [-0.3, -0.25) is 9.10 Å². The van der Waals surface area contributed by atoms with E-state index in [1.54, 1.807) is 18.2 Å². The Morgan fingerprint density at radius 2 is 1.96 bits per heavy atom. The fourth-order valence-electron chi connectivity index (χ4n) is 3.44. The van der Waals surface area contributed by atoms with Gasteiger partial charge in [-0.2, -0.15) is 0 Å². The molecule has 28 heavy (non-hydrogen) atoms. The first kappa shape index (κ1) is 20.7. The summed E-state index contributed by atoms with van der Waals surface area (Å²) in [6, 6.07) is 4.83. The van der Waals surface area contributed by atoms with Crippen molar-refractivity contribution in [3.05, 3.63) is 18.2 Å². The first-order valence-corrected chi connectivity index (χ1v) is 11.5.